The van der Waals surface area contributed by atoms with E-state index in [1.165, 1.54) is 25.7 Å². The van der Waals surface area contributed by atoms with Crippen LogP contribution in [0.15, 0.2) is 0 Å². The zero-order valence-electron chi connectivity index (χ0n) is 6.48. The minimum atomic E-state index is 0.828. The van der Waals surface area contributed by atoms with Crippen molar-refractivity contribution >= 4 is 0 Å². The normalized spacial score (nSPS) is 55.3. The third-order valence-electron chi connectivity index (χ3n) is 3.74. The molecule has 2 rings (SSSR count). The fourth-order valence-electron chi connectivity index (χ4n) is 3.12. The van der Waals surface area contributed by atoms with Crippen LogP contribution >= 0.6 is 0 Å². The topological polar surface area (TPSA) is 0 Å². The Balaban J connectivity index is 2.08. The highest BCUT2D eigenvalue weighted by Gasteiger charge is 2.61. The Kier molecular flexibility index (Phi) is 0.980. The van der Waals surface area contributed by atoms with Gasteiger partial charge in [0.2, 0.25) is 0 Å². The van der Waals surface area contributed by atoms with E-state index in [9.17, 15) is 0 Å². The molecule has 0 aliphatic heterocycles. The molecular formula is C9H16. The molecule has 0 aromatic rings. The van der Waals surface area contributed by atoms with Gasteiger partial charge < -0.3 is 0 Å². The average molecular weight is 124 g/mol. The van der Waals surface area contributed by atoms with Crippen molar-refractivity contribution in [1.29, 1.82) is 0 Å². The summed E-state index contributed by atoms with van der Waals surface area (Å²) in [7, 11) is 0. The second kappa shape index (κ2) is 1.53. The van der Waals surface area contributed by atoms with Crippen LogP contribution in [0.3, 0.4) is 0 Å². The molecule has 3 unspecified atom stereocenters. The predicted molar refractivity (Wildman–Crippen MR) is 39.2 cm³/mol. The molecule has 0 amide bonds. The maximum Gasteiger partial charge on any atom is -0.0264 e. The summed E-state index contributed by atoms with van der Waals surface area (Å²) in [5, 5.41) is 0. The Hall–Kier alpha value is 0. The van der Waals surface area contributed by atoms with Crippen LogP contribution in [0.1, 0.15) is 39.5 Å². The Morgan fingerprint density at radius 2 is 2.33 bits per heavy atom. The van der Waals surface area contributed by atoms with E-state index in [4.69, 9.17) is 0 Å². The second-order valence-corrected chi connectivity index (χ2v) is 4.02. The van der Waals surface area contributed by atoms with Crippen LogP contribution in [0.25, 0.3) is 0 Å². The summed E-state index contributed by atoms with van der Waals surface area (Å²) < 4.78 is 0. The van der Waals surface area contributed by atoms with E-state index >= 15 is 0 Å². The van der Waals surface area contributed by atoms with Gasteiger partial charge in [-0.2, -0.15) is 0 Å². The van der Waals surface area contributed by atoms with Crippen LogP contribution in [-0.2, 0) is 0 Å². The molecule has 0 heterocycles. The molecule has 0 saturated heterocycles. The smallest absolute Gasteiger partial charge is 0.0264 e. The molecule has 0 heteroatoms. The largest absolute Gasteiger partial charge is 0.0651 e. The van der Waals surface area contributed by atoms with Gasteiger partial charge in [-0.05, 0) is 30.1 Å². The molecule has 9 heavy (non-hydrogen) atoms. The van der Waals surface area contributed by atoms with Crippen molar-refractivity contribution in [1.82, 2.24) is 0 Å². The first-order valence-corrected chi connectivity index (χ1v) is 4.29. The van der Waals surface area contributed by atoms with E-state index in [0.717, 1.165) is 17.3 Å². The number of fused-ring (bicyclic) bond motifs is 1. The Bertz CT molecular complexity index is 122. The van der Waals surface area contributed by atoms with E-state index in [1.807, 2.05) is 0 Å². The number of rotatable bonds is 1. The summed E-state index contributed by atoms with van der Waals surface area (Å²) in [6, 6.07) is 0. The molecule has 2 aliphatic rings. The maximum atomic E-state index is 2.48. The molecule has 0 aromatic heterocycles. The van der Waals surface area contributed by atoms with E-state index < -0.39 is 0 Å². The summed E-state index contributed by atoms with van der Waals surface area (Å²) in [5.74, 6) is 2.26. The third-order valence-corrected chi connectivity index (χ3v) is 3.74. The highest BCUT2D eigenvalue weighted by atomic mass is 14.7. The van der Waals surface area contributed by atoms with Crippen LogP contribution in [-0.4, -0.2) is 0 Å². The lowest BCUT2D eigenvalue weighted by molar-refractivity contribution is 0.467. The SMILES string of the molecule is CCC1C2CCCC12C. The third kappa shape index (κ3) is 0.544. The monoisotopic (exact) mass is 124 g/mol. The average Bonchev–Trinajstić information content (AvgIpc) is 2.16. The first kappa shape index (κ1) is 5.76. The summed E-state index contributed by atoms with van der Waals surface area (Å²) in [6.45, 7) is 4.83. The predicted octanol–water partition coefficient (Wildman–Crippen LogP) is 2.83. The van der Waals surface area contributed by atoms with Crippen molar-refractivity contribution in [2.45, 2.75) is 39.5 Å². The Morgan fingerprint density at radius 1 is 1.56 bits per heavy atom. The molecule has 0 radical (unpaired) electrons. The molecule has 0 nitrogen and oxygen atoms in total. The van der Waals surface area contributed by atoms with Gasteiger partial charge in [-0.1, -0.05) is 26.7 Å². The van der Waals surface area contributed by atoms with E-state index in [0.29, 0.717) is 0 Å². The highest BCUT2D eigenvalue weighted by molar-refractivity contribution is 5.10. The van der Waals surface area contributed by atoms with Gasteiger partial charge in [-0.3, -0.25) is 0 Å². The van der Waals surface area contributed by atoms with Crippen molar-refractivity contribution in [2.75, 3.05) is 0 Å². The number of hydrogen-bond donors (Lipinski definition) is 0. The molecule has 2 aliphatic carbocycles. The fraction of sp³-hybridized carbons (Fsp3) is 1.00. The lowest BCUT2D eigenvalue weighted by Crippen LogP contribution is -1.93. The fourth-order valence-corrected chi connectivity index (χ4v) is 3.12. The number of hydrogen-bond acceptors (Lipinski definition) is 0. The van der Waals surface area contributed by atoms with E-state index in [-0.39, 0.29) is 0 Å². The first-order valence-electron chi connectivity index (χ1n) is 4.29. The zero-order chi connectivity index (χ0) is 6.48. The lowest BCUT2D eigenvalue weighted by Gasteiger charge is -2.04. The van der Waals surface area contributed by atoms with E-state index in [1.54, 1.807) is 0 Å². The quantitative estimate of drug-likeness (QED) is 0.504. The molecule has 2 fully saturated rings. The van der Waals surface area contributed by atoms with Gasteiger partial charge in [-0.25, -0.2) is 0 Å². The Morgan fingerprint density at radius 3 is 2.67 bits per heavy atom. The minimum Gasteiger partial charge on any atom is -0.0651 e. The molecule has 0 aromatic carbocycles. The molecule has 0 bridgehead atoms. The zero-order valence-corrected chi connectivity index (χ0v) is 6.48. The standard InChI is InChI=1S/C9H16/c1-3-7-8-5-4-6-9(7,8)2/h7-8H,3-6H2,1-2H3. The summed E-state index contributed by atoms with van der Waals surface area (Å²) in [6.07, 6.45) is 6.00. The highest BCUT2D eigenvalue weighted by Crippen LogP contribution is 2.69. The van der Waals surface area contributed by atoms with Crippen molar-refractivity contribution in [3.63, 3.8) is 0 Å². The molecule has 2 saturated carbocycles. The van der Waals surface area contributed by atoms with Gasteiger partial charge in [0.05, 0.1) is 0 Å². The van der Waals surface area contributed by atoms with Crippen LogP contribution < -0.4 is 0 Å². The summed E-state index contributed by atoms with van der Waals surface area (Å²) >= 11 is 0. The van der Waals surface area contributed by atoms with Gasteiger partial charge in [0, 0.05) is 0 Å². The molecule has 52 valence electrons. The first-order chi connectivity index (χ1) is 4.29. The van der Waals surface area contributed by atoms with Crippen LogP contribution in [0, 0.1) is 17.3 Å². The molecule has 3 atom stereocenters. The van der Waals surface area contributed by atoms with Crippen molar-refractivity contribution in [2.24, 2.45) is 17.3 Å². The summed E-state index contributed by atoms with van der Waals surface area (Å²) in [5.41, 5.74) is 0.828. The Labute approximate surface area is 57.6 Å². The van der Waals surface area contributed by atoms with Gasteiger partial charge in [-0.15, -0.1) is 0 Å². The lowest BCUT2D eigenvalue weighted by atomic mass is 10.0. The van der Waals surface area contributed by atoms with Crippen molar-refractivity contribution in [3.8, 4) is 0 Å². The van der Waals surface area contributed by atoms with Gasteiger partial charge in [0.15, 0.2) is 0 Å². The van der Waals surface area contributed by atoms with Crippen molar-refractivity contribution in [3.05, 3.63) is 0 Å². The van der Waals surface area contributed by atoms with Crippen molar-refractivity contribution < 1.29 is 0 Å². The molecular weight excluding hydrogens is 108 g/mol. The van der Waals surface area contributed by atoms with Crippen LogP contribution in [0.4, 0.5) is 0 Å². The maximum absolute atomic E-state index is 2.48. The van der Waals surface area contributed by atoms with Crippen LogP contribution in [0.2, 0.25) is 0 Å². The van der Waals surface area contributed by atoms with Gasteiger partial charge in [0.1, 0.15) is 0 Å². The van der Waals surface area contributed by atoms with Gasteiger partial charge >= 0.3 is 0 Å². The second-order valence-electron chi connectivity index (χ2n) is 4.02. The van der Waals surface area contributed by atoms with E-state index in [2.05, 4.69) is 13.8 Å². The summed E-state index contributed by atoms with van der Waals surface area (Å²) in [4.78, 5) is 0. The van der Waals surface area contributed by atoms with Gasteiger partial charge in [0.25, 0.3) is 0 Å². The van der Waals surface area contributed by atoms with Crippen LogP contribution in [0.5, 0.6) is 0 Å². The minimum absolute atomic E-state index is 0.828. The molecule has 0 N–H and O–H groups in total. The molecule has 0 spiro atoms.